The van der Waals surface area contributed by atoms with E-state index < -0.39 is 0 Å². The van der Waals surface area contributed by atoms with E-state index in [0.29, 0.717) is 17.7 Å². The van der Waals surface area contributed by atoms with Crippen LogP contribution in [0, 0.1) is 13.8 Å². The van der Waals surface area contributed by atoms with Gasteiger partial charge >= 0.3 is 0 Å². The van der Waals surface area contributed by atoms with Crippen molar-refractivity contribution in [2.75, 3.05) is 26.3 Å². The Morgan fingerprint density at radius 2 is 1.96 bits per heavy atom. The highest BCUT2D eigenvalue weighted by Gasteiger charge is 2.19. The van der Waals surface area contributed by atoms with Crippen LogP contribution in [-0.4, -0.2) is 56.4 Å². The topological polar surface area (TPSA) is 103 Å². The van der Waals surface area contributed by atoms with Crippen LogP contribution in [0.15, 0.2) is 23.4 Å². The van der Waals surface area contributed by atoms with Crippen LogP contribution in [0.1, 0.15) is 28.2 Å². The van der Waals surface area contributed by atoms with Gasteiger partial charge in [-0.05, 0) is 25.0 Å². The van der Waals surface area contributed by atoms with Crippen molar-refractivity contribution in [1.82, 2.24) is 30.0 Å². The number of hydrogen-bond donors (Lipinski definition) is 3. The van der Waals surface area contributed by atoms with E-state index in [9.17, 15) is 4.79 Å². The fraction of sp³-hybridized carbons (Fsp3) is 0.421. The fourth-order valence-corrected chi connectivity index (χ4v) is 3.63. The van der Waals surface area contributed by atoms with Crippen LogP contribution < -0.4 is 5.56 Å². The third kappa shape index (κ3) is 3.58. The molecule has 0 amide bonds. The van der Waals surface area contributed by atoms with Crippen molar-refractivity contribution in [1.29, 1.82) is 0 Å². The summed E-state index contributed by atoms with van der Waals surface area (Å²) in [5, 5.41) is 5.29. The Bertz CT molecular complexity index is 980. The summed E-state index contributed by atoms with van der Waals surface area (Å²) in [5.74, 6) is 0. The van der Waals surface area contributed by atoms with Gasteiger partial charge in [-0.15, -0.1) is 0 Å². The summed E-state index contributed by atoms with van der Waals surface area (Å²) in [6.07, 6.45) is 5.51. The van der Waals surface area contributed by atoms with Crippen LogP contribution >= 0.6 is 0 Å². The lowest BCUT2D eigenvalue weighted by atomic mass is 10.0. The molecule has 1 fully saturated rings. The second-order valence-corrected chi connectivity index (χ2v) is 6.91. The number of hydrogen-bond acceptors (Lipinski definition) is 5. The molecule has 27 heavy (non-hydrogen) atoms. The Morgan fingerprint density at radius 1 is 1.19 bits per heavy atom. The van der Waals surface area contributed by atoms with Gasteiger partial charge in [0.1, 0.15) is 0 Å². The lowest BCUT2D eigenvalue weighted by Gasteiger charge is -2.26. The van der Waals surface area contributed by atoms with E-state index in [0.717, 1.165) is 44.2 Å². The van der Waals surface area contributed by atoms with E-state index >= 15 is 0 Å². The minimum absolute atomic E-state index is 0.191. The second kappa shape index (κ2) is 7.50. The maximum Gasteiger partial charge on any atom is 0.273 e. The van der Waals surface area contributed by atoms with Gasteiger partial charge in [-0.3, -0.25) is 24.8 Å². The van der Waals surface area contributed by atoms with Crippen molar-refractivity contribution in [3.05, 3.63) is 57.2 Å². The summed E-state index contributed by atoms with van der Waals surface area (Å²) >= 11 is 0. The number of nitrogens with zero attached hydrogens (tertiary/aromatic N) is 3. The van der Waals surface area contributed by atoms with E-state index in [4.69, 9.17) is 4.74 Å². The third-order valence-electron chi connectivity index (χ3n) is 5.20. The molecule has 0 spiro atoms. The first-order chi connectivity index (χ1) is 13.1. The van der Waals surface area contributed by atoms with Crippen molar-refractivity contribution in [3.63, 3.8) is 0 Å². The van der Waals surface area contributed by atoms with Gasteiger partial charge in [0.15, 0.2) is 0 Å². The van der Waals surface area contributed by atoms with Crippen molar-refractivity contribution < 1.29 is 4.74 Å². The number of aromatic nitrogens is 5. The van der Waals surface area contributed by atoms with E-state index in [-0.39, 0.29) is 5.56 Å². The molecule has 8 nitrogen and oxygen atoms in total. The summed E-state index contributed by atoms with van der Waals surface area (Å²) in [6.45, 7) is 8.69. The first kappa shape index (κ1) is 17.7. The normalized spacial score (nSPS) is 15.3. The molecule has 3 aromatic heterocycles. The molecular weight excluding hydrogens is 344 g/mol. The molecule has 0 unspecified atom stereocenters. The minimum atomic E-state index is -0.191. The second-order valence-electron chi connectivity index (χ2n) is 6.91. The first-order valence-corrected chi connectivity index (χ1v) is 9.17. The lowest BCUT2D eigenvalue weighted by Crippen LogP contribution is -2.35. The van der Waals surface area contributed by atoms with Crippen LogP contribution in [-0.2, 0) is 17.7 Å². The number of H-pyrrole nitrogens is 3. The fourth-order valence-electron chi connectivity index (χ4n) is 3.63. The summed E-state index contributed by atoms with van der Waals surface area (Å²) in [6, 6.07) is 0. The highest BCUT2D eigenvalue weighted by atomic mass is 16.5. The molecular formula is C19H24N6O2. The molecule has 3 aromatic rings. The first-order valence-electron chi connectivity index (χ1n) is 9.17. The molecule has 0 atom stereocenters. The molecule has 4 rings (SSSR count). The van der Waals surface area contributed by atoms with Gasteiger partial charge in [0.25, 0.3) is 5.56 Å². The Morgan fingerprint density at radius 3 is 2.70 bits per heavy atom. The molecule has 1 aliphatic heterocycles. The van der Waals surface area contributed by atoms with Crippen molar-refractivity contribution in [2.45, 2.75) is 26.8 Å². The average molecular weight is 368 g/mol. The number of aryl methyl sites for hydroxylation is 1. The number of ether oxygens (including phenoxy) is 1. The third-order valence-corrected chi connectivity index (χ3v) is 5.20. The number of morpholine rings is 1. The summed E-state index contributed by atoms with van der Waals surface area (Å²) in [7, 11) is 0. The van der Waals surface area contributed by atoms with Gasteiger partial charge in [0, 0.05) is 56.0 Å². The van der Waals surface area contributed by atoms with E-state index in [1.807, 2.05) is 0 Å². The smallest absolute Gasteiger partial charge is 0.273 e. The van der Waals surface area contributed by atoms with E-state index in [1.54, 1.807) is 18.6 Å². The molecule has 0 saturated carbocycles. The Hall–Kier alpha value is -2.71. The van der Waals surface area contributed by atoms with Crippen LogP contribution in [0.25, 0.3) is 11.3 Å². The highest BCUT2D eigenvalue weighted by Crippen LogP contribution is 2.24. The zero-order valence-corrected chi connectivity index (χ0v) is 15.6. The molecule has 8 heteroatoms. The zero-order chi connectivity index (χ0) is 18.8. The van der Waals surface area contributed by atoms with Crippen LogP contribution in [0.2, 0.25) is 0 Å². The van der Waals surface area contributed by atoms with Gasteiger partial charge < -0.3 is 14.8 Å². The quantitative estimate of drug-likeness (QED) is 0.634. The predicted octanol–water partition coefficient (Wildman–Crippen LogP) is 1.53. The summed E-state index contributed by atoms with van der Waals surface area (Å²) in [4.78, 5) is 26.8. The molecule has 0 aromatic carbocycles. The number of rotatable bonds is 5. The van der Waals surface area contributed by atoms with Crippen LogP contribution in [0.4, 0.5) is 0 Å². The SMILES string of the molecule is Cc1[nH]c(Cc2nccnc2-c2c[nH][nH]c2=O)c(C)c1CN1CCOCC1. The van der Waals surface area contributed by atoms with Crippen LogP contribution in [0.5, 0.6) is 0 Å². The highest BCUT2D eigenvalue weighted by molar-refractivity contribution is 5.60. The Labute approximate surface area is 157 Å². The monoisotopic (exact) mass is 368 g/mol. The Kier molecular flexibility index (Phi) is 4.91. The molecule has 0 radical (unpaired) electrons. The average Bonchev–Trinajstić information content (AvgIpc) is 3.22. The Balaban J connectivity index is 1.62. The van der Waals surface area contributed by atoms with Crippen molar-refractivity contribution >= 4 is 0 Å². The summed E-state index contributed by atoms with van der Waals surface area (Å²) < 4.78 is 5.44. The summed E-state index contributed by atoms with van der Waals surface area (Å²) in [5.41, 5.74) is 6.58. The molecule has 0 bridgehead atoms. The van der Waals surface area contributed by atoms with Gasteiger partial charge in [-0.25, -0.2) is 0 Å². The minimum Gasteiger partial charge on any atom is -0.379 e. The molecule has 1 aliphatic rings. The maximum atomic E-state index is 12.0. The standard InChI is InChI=1S/C19H24N6O2/c1-12-15(11-25-5-7-27-8-6-25)13(2)23-16(12)9-17-18(21-4-3-20-17)14-10-22-24-19(14)26/h3-4,10,23H,5-9,11H2,1-2H3,(H2,22,24,26). The number of nitrogens with one attached hydrogen (secondary N) is 3. The van der Waals surface area contributed by atoms with Gasteiger partial charge in [0.05, 0.1) is 30.2 Å². The number of aromatic amines is 3. The van der Waals surface area contributed by atoms with Crippen molar-refractivity contribution in [3.8, 4) is 11.3 Å². The van der Waals surface area contributed by atoms with Crippen LogP contribution in [0.3, 0.4) is 0 Å². The molecule has 1 saturated heterocycles. The van der Waals surface area contributed by atoms with Crippen molar-refractivity contribution in [2.24, 2.45) is 0 Å². The van der Waals surface area contributed by atoms with E-state index in [1.165, 1.54) is 16.8 Å². The molecule has 3 N–H and O–H groups in total. The van der Waals surface area contributed by atoms with Gasteiger partial charge in [0.2, 0.25) is 0 Å². The molecule has 0 aliphatic carbocycles. The molecule has 142 valence electrons. The van der Waals surface area contributed by atoms with E-state index in [2.05, 4.69) is 43.9 Å². The predicted molar refractivity (Wildman–Crippen MR) is 102 cm³/mol. The van der Waals surface area contributed by atoms with Gasteiger partial charge in [-0.2, -0.15) is 0 Å². The van der Waals surface area contributed by atoms with Gasteiger partial charge in [-0.1, -0.05) is 0 Å². The molecule has 4 heterocycles. The lowest BCUT2D eigenvalue weighted by molar-refractivity contribution is 0.0340. The maximum absolute atomic E-state index is 12.0. The zero-order valence-electron chi connectivity index (χ0n) is 15.6. The largest absolute Gasteiger partial charge is 0.379 e.